The number of hydrogen-bond donors (Lipinski definition) is 0. The van der Waals surface area contributed by atoms with Crippen LogP contribution in [0.2, 0.25) is 0 Å². The third-order valence-electron chi connectivity index (χ3n) is 5.31. The van der Waals surface area contributed by atoms with Crippen molar-refractivity contribution < 1.29 is 9.53 Å². The number of nitrogens with zero attached hydrogens (tertiary/aromatic N) is 2. The molecule has 3 atom stereocenters. The average Bonchev–Trinajstić information content (AvgIpc) is 2.84. The average molecular weight is 353 g/mol. The van der Waals surface area contributed by atoms with E-state index in [4.69, 9.17) is 4.74 Å². The lowest BCUT2D eigenvalue weighted by atomic mass is 9.75. The maximum atomic E-state index is 11.9. The Balaban J connectivity index is 0.00000208. The number of ether oxygens (including phenoxy) is 1. The van der Waals surface area contributed by atoms with Gasteiger partial charge in [-0.05, 0) is 48.9 Å². The van der Waals surface area contributed by atoms with E-state index in [9.17, 15) is 4.79 Å². The first-order valence-electron chi connectivity index (χ1n) is 8.77. The fourth-order valence-electron chi connectivity index (χ4n) is 4.38. The van der Waals surface area contributed by atoms with Crippen molar-refractivity contribution in [2.24, 2.45) is 5.92 Å². The van der Waals surface area contributed by atoms with E-state index >= 15 is 0 Å². The Kier molecular flexibility index (Phi) is 6.16. The summed E-state index contributed by atoms with van der Waals surface area (Å²) in [4.78, 5) is 16.1. The van der Waals surface area contributed by atoms with Crippen LogP contribution >= 0.6 is 12.4 Å². The van der Waals surface area contributed by atoms with E-state index in [1.54, 1.807) is 14.1 Å². The Morgan fingerprint density at radius 1 is 1.38 bits per heavy atom. The van der Waals surface area contributed by atoms with Crippen LogP contribution in [0.1, 0.15) is 43.7 Å². The minimum Gasteiger partial charge on any atom is -0.410 e. The molecule has 24 heavy (non-hydrogen) atoms. The molecule has 134 valence electrons. The molecular formula is C19H29ClN2O2. The molecule has 0 N–H and O–H groups in total. The monoisotopic (exact) mass is 352 g/mol. The highest BCUT2D eigenvalue weighted by Gasteiger charge is 2.43. The molecule has 3 unspecified atom stereocenters. The number of carbonyl (C=O) groups excluding carboxylic acids is 1. The summed E-state index contributed by atoms with van der Waals surface area (Å²) >= 11 is 0. The van der Waals surface area contributed by atoms with Crippen molar-refractivity contribution in [2.45, 2.75) is 45.1 Å². The highest BCUT2D eigenvalue weighted by molar-refractivity contribution is 5.85. The summed E-state index contributed by atoms with van der Waals surface area (Å²) in [6.45, 7) is 7.00. The smallest absolute Gasteiger partial charge is 0.410 e. The molecule has 0 aromatic heterocycles. The van der Waals surface area contributed by atoms with Gasteiger partial charge in [-0.2, -0.15) is 0 Å². The molecule has 4 nitrogen and oxygen atoms in total. The molecule has 0 saturated carbocycles. The molecule has 1 aliphatic heterocycles. The van der Waals surface area contributed by atoms with Crippen molar-refractivity contribution in [2.75, 3.05) is 27.2 Å². The Bertz CT molecular complexity index is 591. The van der Waals surface area contributed by atoms with Crippen LogP contribution < -0.4 is 4.74 Å². The van der Waals surface area contributed by atoms with Crippen molar-refractivity contribution in [1.82, 2.24) is 9.80 Å². The lowest BCUT2D eigenvalue weighted by Gasteiger charge is -2.34. The van der Waals surface area contributed by atoms with Crippen LogP contribution in [0.25, 0.3) is 0 Å². The lowest BCUT2D eigenvalue weighted by Crippen LogP contribution is -2.36. The van der Waals surface area contributed by atoms with Crippen LogP contribution in [-0.2, 0) is 6.42 Å². The summed E-state index contributed by atoms with van der Waals surface area (Å²) in [5.74, 6) is 1.98. The SMILES string of the molecule is CCCN1CC(C)C2c3cccc(OC(=O)N(C)C)c3CCC21.Cl. The summed E-state index contributed by atoms with van der Waals surface area (Å²) in [6.07, 6.45) is 3.08. The predicted octanol–water partition coefficient (Wildman–Crippen LogP) is 3.93. The van der Waals surface area contributed by atoms with E-state index in [-0.39, 0.29) is 18.5 Å². The number of benzene rings is 1. The van der Waals surface area contributed by atoms with E-state index in [1.165, 1.54) is 42.0 Å². The maximum absolute atomic E-state index is 11.9. The maximum Gasteiger partial charge on any atom is 0.414 e. The fraction of sp³-hybridized carbons (Fsp3) is 0.632. The van der Waals surface area contributed by atoms with Gasteiger partial charge in [0.05, 0.1) is 0 Å². The third-order valence-corrected chi connectivity index (χ3v) is 5.31. The quantitative estimate of drug-likeness (QED) is 0.826. The highest BCUT2D eigenvalue weighted by atomic mass is 35.5. The number of rotatable bonds is 3. The standard InChI is InChI=1S/C19H28N2O2.ClH/c1-5-11-21-12-13(2)18-15-7-6-8-17(23-19(22)20(3)4)14(15)9-10-16(18)21;/h6-8,13,16,18H,5,9-12H2,1-4H3;1H. The van der Waals surface area contributed by atoms with Gasteiger partial charge in [0.2, 0.25) is 0 Å². The van der Waals surface area contributed by atoms with E-state index < -0.39 is 0 Å². The van der Waals surface area contributed by atoms with Crippen molar-refractivity contribution in [3.05, 3.63) is 29.3 Å². The topological polar surface area (TPSA) is 32.8 Å². The molecule has 1 saturated heterocycles. The molecule has 5 heteroatoms. The zero-order valence-electron chi connectivity index (χ0n) is 15.1. The van der Waals surface area contributed by atoms with Gasteiger partial charge in [-0.3, -0.25) is 4.90 Å². The first-order valence-corrected chi connectivity index (χ1v) is 8.77. The summed E-state index contributed by atoms with van der Waals surface area (Å²) < 4.78 is 5.61. The minimum atomic E-state index is -0.299. The van der Waals surface area contributed by atoms with Crippen LogP contribution in [0.15, 0.2) is 18.2 Å². The molecule has 1 aliphatic carbocycles. The van der Waals surface area contributed by atoms with Gasteiger partial charge in [-0.1, -0.05) is 26.0 Å². The number of carbonyl (C=O) groups is 1. The van der Waals surface area contributed by atoms with Gasteiger partial charge in [-0.25, -0.2) is 4.79 Å². The first-order chi connectivity index (χ1) is 11.0. The Labute approximate surface area is 151 Å². The molecule has 3 rings (SSSR count). The summed E-state index contributed by atoms with van der Waals surface area (Å²) in [6, 6.07) is 6.86. The Morgan fingerprint density at radius 2 is 2.12 bits per heavy atom. The molecular weight excluding hydrogens is 324 g/mol. The number of likely N-dealkylation sites (tertiary alicyclic amines) is 1. The van der Waals surface area contributed by atoms with Gasteiger partial charge in [0.25, 0.3) is 0 Å². The Morgan fingerprint density at radius 3 is 2.79 bits per heavy atom. The first kappa shape index (κ1) is 19.1. The van der Waals surface area contributed by atoms with E-state index in [2.05, 4.69) is 24.8 Å². The minimum absolute atomic E-state index is 0. The zero-order chi connectivity index (χ0) is 16.6. The van der Waals surface area contributed by atoms with Crippen molar-refractivity contribution >= 4 is 18.5 Å². The second kappa shape index (κ2) is 7.75. The molecule has 0 spiro atoms. The second-order valence-corrected chi connectivity index (χ2v) is 7.19. The molecule has 0 radical (unpaired) electrons. The fourth-order valence-corrected chi connectivity index (χ4v) is 4.38. The molecule has 1 aromatic rings. The largest absolute Gasteiger partial charge is 0.414 e. The molecule has 2 aliphatic rings. The van der Waals surface area contributed by atoms with E-state index in [0.29, 0.717) is 17.9 Å². The molecule has 1 aromatic carbocycles. The van der Waals surface area contributed by atoms with E-state index in [0.717, 1.165) is 12.2 Å². The van der Waals surface area contributed by atoms with Gasteiger partial charge in [0.15, 0.2) is 0 Å². The van der Waals surface area contributed by atoms with Crippen molar-refractivity contribution in [3.8, 4) is 5.75 Å². The number of hydrogen-bond acceptors (Lipinski definition) is 3. The third kappa shape index (κ3) is 3.40. The summed E-state index contributed by atoms with van der Waals surface area (Å²) in [5.41, 5.74) is 2.64. The van der Waals surface area contributed by atoms with Gasteiger partial charge < -0.3 is 9.64 Å². The van der Waals surface area contributed by atoms with Crippen molar-refractivity contribution in [3.63, 3.8) is 0 Å². The second-order valence-electron chi connectivity index (χ2n) is 7.19. The molecule has 1 fully saturated rings. The van der Waals surface area contributed by atoms with Gasteiger partial charge in [0.1, 0.15) is 5.75 Å². The van der Waals surface area contributed by atoms with Crippen LogP contribution in [0.3, 0.4) is 0 Å². The molecule has 0 bridgehead atoms. The van der Waals surface area contributed by atoms with Crippen LogP contribution in [0, 0.1) is 5.92 Å². The van der Waals surface area contributed by atoms with Gasteiger partial charge >= 0.3 is 6.09 Å². The highest BCUT2D eigenvalue weighted by Crippen LogP contribution is 2.46. The van der Waals surface area contributed by atoms with Gasteiger partial charge in [-0.15, -0.1) is 12.4 Å². The number of amides is 1. The molecule has 1 amide bonds. The number of halogens is 1. The van der Waals surface area contributed by atoms with Crippen LogP contribution in [-0.4, -0.2) is 49.1 Å². The van der Waals surface area contributed by atoms with Crippen molar-refractivity contribution in [1.29, 1.82) is 0 Å². The van der Waals surface area contributed by atoms with Gasteiger partial charge in [0, 0.05) is 32.6 Å². The predicted molar refractivity (Wildman–Crippen MR) is 99.3 cm³/mol. The lowest BCUT2D eigenvalue weighted by molar-refractivity contribution is 0.170. The normalized spacial score (nSPS) is 25.4. The molecule has 1 heterocycles. The zero-order valence-corrected chi connectivity index (χ0v) is 15.9. The van der Waals surface area contributed by atoms with Crippen LogP contribution in [0.5, 0.6) is 5.75 Å². The van der Waals surface area contributed by atoms with Crippen LogP contribution in [0.4, 0.5) is 4.79 Å². The Hall–Kier alpha value is -1.26. The summed E-state index contributed by atoms with van der Waals surface area (Å²) in [7, 11) is 3.44. The summed E-state index contributed by atoms with van der Waals surface area (Å²) in [5, 5.41) is 0. The number of fused-ring (bicyclic) bond motifs is 3. The van der Waals surface area contributed by atoms with E-state index in [1.807, 2.05) is 12.1 Å².